The van der Waals surface area contributed by atoms with Gasteiger partial charge in [-0.1, -0.05) is 12.1 Å². The van der Waals surface area contributed by atoms with Gasteiger partial charge in [-0.15, -0.1) is 24.0 Å². The number of carbonyl (C=O) groups excluding carboxylic acids is 1. The fourth-order valence-corrected chi connectivity index (χ4v) is 2.86. The predicted octanol–water partition coefficient (Wildman–Crippen LogP) is 2.52. The first-order chi connectivity index (χ1) is 15.0. The van der Waals surface area contributed by atoms with Gasteiger partial charge in [-0.05, 0) is 36.8 Å². The summed E-state index contributed by atoms with van der Waals surface area (Å²) in [5, 5.41) is 18.8. The number of para-hydroxylation sites is 1. The van der Waals surface area contributed by atoms with Crippen LogP contribution >= 0.6 is 24.0 Å². The number of aliphatic imine (C=N–C) groups is 1. The van der Waals surface area contributed by atoms with Crippen LogP contribution in [-0.2, 0) is 6.54 Å². The molecule has 4 N–H and O–H groups in total. The zero-order chi connectivity index (χ0) is 22.6. The summed E-state index contributed by atoms with van der Waals surface area (Å²) in [5.41, 5.74) is 1.13. The Hall–Kier alpha value is -2.89. The van der Waals surface area contributed by atoms with Crippen molar-refractivity contribution in [2.75, 3.05) is 41.0 Å². The van der Waals surface area contributed by atoms with Gasteiger partial charge in [0.1, 0.15) is 5.75 Å². The van der Waals surface area contributed by atoms with Crippen LogP contribution < -0.4 is 30.2 Å². The number of hydrogen-bond donors (Lipinski definition) is 4. The second-order valence-electron chi connectivity index (χ2n) is 6.43. The monoisotopic (exact) mass is 558 g/mol. The molecule has 0 fully saturated rings. The first-order valence-corrected chi connectivity index (χ1v) is 9.91. The fourth-order valence-electron chi connectivity index (χ4n) is 2.86. The summed E-state index contributed by atoms with van der Waals surface area (Å²) >= 11 is 0. The Morgan fingerprint density at radius 3 is 2.16 bits per heavy atom. The van der Waals surface area contributed by atoms with Crippen LogP contribution in [0.1, 0.15) is 22.8 Å². The molecular formula is C22H31IN4O5. The zero-order valence-corrected chi connectivity index (χ0v) is 21.1. The first-order valence-electron chi connectivity index (χ1n) is 9.91. The Bertz CT molecular complexity index is 883. The molecule has 0 bridgehead atoms. The standard InChI is InChI=1S/C22H30N4O5.HI/c1-5-23-22(25-11-10-24-21(28)16-8-6-7-9-17(16)27)26-14-15-12-18(29-2)20(31-4)19(13-15)30-3;/h6-9,12-13,27H,5,10-11,14H2,1-4H3,(H,24,28)(H2,23,25,26);1H. The lowest BCUT2D eigenvalue weighted by molar-refractivity contribution is 0.0951. The van der Waals surface area contributed by atoms with Crippen molar-refractivity contribution in [3.8, 4) is 23.0 Å². The summed E-state index contributed by atoms with van der Waals surface area (Å²) in [5.74, 6) is 1.89. The molecule has 0 unspecified atom stereocenters. The van der Waals surface area contributed by atoms with E-state index in [-0.39, 0.29) is 41.2 Å². The number of nitrogens with zero attached hydrogens (tertiary/aromatic N) is 1. The second kappa shape index (κ2) is 14.2. The van der Waals surface area contributed by atoms with Crippen molar-refractivity contribution in [1.29, 1.82) is 0 Å². The molecule has 0 atom stereocenters. The van der Waals surface area contributed by atoms with E-state index in [1.807, 2.05) is 19.1 Å². The van der Waals surface area contributed by atoms with E-state index in [9.17, 15) is 9.90 Å². The molecule has 9 nitrogen and oxygen atoms in total. The predicted molar refractivity (Wildman–Crippen MR) is 135 cm³/mol. The van der Waals surface area contributed by atoms with Crippen molar-refractivity contribution in [2.45, 2.75) is 13.5 Å². The number of rotatable bonds is 10. The maximum atomic E-state index is 12.1. The molecule has 0 radical (unpaired) electrons. The second-order valence-corrected chi connectivity index (χ2v) is 6.43. The summed E-state index contributed by atoms with van der Waals surface area (Å²) in [4.78, 5) is 16.7. The number of phenolic OH excluding ortho intramolecular Hbond substituents is 1. The van der Waals surface area contributed by atoms with Gasteiger partial charge in [0.2, 0.25) is 5.75 Å². The summed E-state index contributed by atoms with van der Waals surface area (Å²) in [7, 11) is 4.70. The van der Waals surface area contributed by atoms with Crippen LogP contribution in [0.4, 0.5) is 0 Å². The molecule has 176 valence electrons. The Labute approximate surface area is 205 Å². The van der Waals surface area contributed by atoms with Crippen molar-refractivity contribution in [2.24, 2.45) is 4.99 Å². The van der Waals surface area contributed by atoms with E-state index in [4.69, 9.17) is 14.2 Å². The van der Waals surface area contributed by atoms with E-state index in [1.54, 1.807) is 39.5 Å². The molecule has 0 saturated heterocycles. The van der Waals surface area contributed by atoms with Crippen molar-refractivity contribution >= 4 is 35.8 Å². The van der Waals surface area contributed by atoms with Crippen LogP contribution in [0, 0.1) is 0 Å². The number of aromatic hydroxyl groups is 1. The minimum Gasteiger partial charge on any atom is -0.507 e. The lowest BCUT2D eigenvalue weighted by atomic mass is 10.2. The number of ether oxygens (including phenoxy) is 3. The molecule has 0 heterocycles. The minimum atomic E-state index is -0.334. The molecule has 2 rings (SSSR count). The molecule has 2 aromatic rings. The van der Waals surface area contributed by atoms with Crippen LogP contribution in [0.15, 0.2) is 41.4 Å². The van der Waals surface area contributed by atoms with Crippen molar-refractivity contribution in [3.05, 3.63) is 47.5 Å². The number of nitrogens with one attached hydrogen (secondary N) is 3. The van der Waals surface area contributed by atoms with Gasteiger partial charge in [-0.2, -0.15) is 0 Å². The highest BCUT2D eigenvalue weighted by molar-refractivity contribution is 14.0. The summed E-state index contributed by atoms with van der Waals surface area (Å²) in [6, 6.07) is 10.1. The zero-order valence-electron chi connectivity index (χ0n) is 18.7. The van der Waals surface area contributed by atoms with Crippen LogP contribution in [-0.4, -0.2) is 57.9 Å². The average Bonchev–Trinajstić information content (AvgIpc) is 2.79. The fraction of sp³-hybridized carbons (Fsp3) is 0.364. The highest BCUT2D eigenvalue weighted by atomic mass is 127. The summed E-state index contributed by atoms with van der Waals surface area (Å²) in [6.07, 6.45) is 0. The van der Waals surface area contributed by atoms with Gasteiger partial charge in [0.15, 0.2) is 17.5 Å². The normalized spacial score (nSPS) is 10.6. The topological polar surface area (TPSA) is 113 Å². The first kappa shape index (κ1) is 27.1. The van der Waals surface area contributed by atoms with Gasteiger partial charge in [0.25, 0.3) is 5.91 Å². The third-order valence-electron chi connectivity index (χ3n) is 4.34. The Morgan fingerprint density at radius 1 is 0.969 bits per heavy atom. The minimum absolute atomic E-state index is 0. The van der Waals surface area contributed by atoms with Gasteiger partial charge in [0, 0.05) is 19.6 Å². The smallest absolute Gasteiger partial charge is 0.255 e. The van der Waals surface area contributed by atoms with Gasteiger partial charge in [-0.25, -0.2) is 4.99 Å². The molecule has 2 aromatic carbocycles. The molecule has 0 aliphatic carbocycles. The molecular weight excluding hydrogens is 527 g/mol. The number of hydrogen-bond acceptors (Lipinski definition) is 6. The van der Waals surface area contributed by atoms with Crippen LogP contribution in [0.5, 0.6) is 23.0 Å². The molecule has 32 heavy (non-hydrogen) atoms. The molecule has 10 heteroatoms. The molecule has 0 aliphatic heterocycles. The lowest BCUT2D eigenvalue weighted by Crippen LogP contribution is -2.41. The number of carbonyl (C=O) groups is 1. The van der Waals surface area contributed by atoms with Crippen LogP contribution in [0.25, 0.3) is 0 Å². The van der Waals surface area contributed by atoms with Crippen molar-refractivity contribution in [3.63, 3.8) is 0 Å². The molecule has 0 aliphatic rings. The maximum Gasteiger partial charge on any atom is 0.255 e. The van der Waals surface area contributed by atoms with E-state index in [0.29, 0.717) is 49.4 Å². The Morgan fingerprint density at radius 2 is 1.59 bits per heavy atom. The largest absolute Gasteiger partial charge is 0.507 e. The summed E-state index contributed by atoms with van der Waals surface area (Å²) in [6.45, 7) is 3.86. The lowest BCUT2D eigenvalue weighted by Gasteiger charge is -2.14. The van der Waals surface area contributed by atoms with E-state index >= 15 is 0 Å². The van der Waals surface area contributed by atoms with Crippen molar-refractivity contribution in [1.82, 2.24) is 16.0 Å². The third kappa shape index (κ3) is 7.66. The van der Waals surface area contributed by atoms with Gasteiger partial charge in [0.05, 0.1) is 33.4 Å². The number of phenols is 1. The highest BCUT2D eigenvalue weighted by Gasteiger charge is 2.13. The van der Waals surface area contributed by atoms with E-state index in [2.05, 4.69) is 20.9 Å². The number of amides is 1. The number of benzene rings is 2. The van der Waals surface area contributed by atoms with E-state index < -0.39 is 0 Å². The van der Waals surface area contributed by atoms with Gasteiger partial charge < -0.3 is 35.3 Å². The number of guanidine groups is 1. The third-order valence-corrected chi connectivity index (χ3v) is 4.34. The van der Waals surface area contributed by atoms with Gasteiger partial charge in [-0.3, -0.25) is 4.79 Å². The quantitative estimate of drug-likeness (QED) is 0.154. The van der Waals surface area contributed by atoms with Crippen LogP contribution in [0.2, 0.25) is 0 Å². The average molecular weight is 558 g/mol. The highest BCUT2D eigenvalue weighted by Crippen LogP contribution is 2.38. The molecule has 0 spiro atoms. The van der Waals surface area contributed by atoms with Crippen molar-refractivity contribution < 1.29 is 24.1 Å². The number of methoxy groups -OCH3 is 3. The van der Waals surface area contributed by atoms with E-state index in [0.717, 1.165) is 5.56 Å². The summed E-state index contributed by atoms with van der Waals surface area (Å²) < 4.78 is 16.1. The van der Waals surface area contributed by atoms with E-state index in [1.165, 1.54) is 6.07 Å². The van der Waals surface area contributed by atoms with Crippen LogP contribution in [0.3, 0.4) is 0 Å². The number of halogens is 1. The SMILES string of the molecule is CCNC(=NCc1cc(OC)c(OC)c(OC)c1)NCCNC(=O)c1ccccc1O.I. The molecule has 0 aromatic heterocycles. The Balaban J connectivity index is 0.00000512. The molecule has 0 saturated carbocycles. The van der Waals surface area contributed by atoms with Gasteiger partial charge >= 0.3 is 0 Å². The maximum absolute atomic E-state index is 12.1. The Kier molecular flexibility index (Phi) is 12.1. The molecule has 1 amide bonds.